The van der Waals surface area contributed by atoms with Crippen LogP contribution in [0.3, 0.4) is 0 Å². The molecule has 0 aliphatic heterocycles. The van der Waals surface area contributed by atoms with Crippen molar-refractivity contribution in [2.24, 2.45) is 5.73 Å². The molecule has 4 nitrogen and oxygen atoms in total. The highest BCUT2D eigenvalue weighted by molar-refractivity contribution is 14.1. The predicted octanol–water partition coefficient (Wildman–Crippen LogP) is 1.95. The molecule has 6 heteroatoms. The lowest BCUT2D eigenvalue weighted by molar-refractivity contribution is -0.142. The third-order valence-electron chi connectivity index (χ3n) is 2.75. The Kier molecular flexibility index (Phi) is 3.86. The average Bonchev–Trinajstić information content (AvgIpc) is 2.71. The van der Waals surface area contributed by atoms with E-state index in [1.807, 2.05) is 22.6 Å². The van der Waals surface area contributed by atoms with Gasteiger partial charge in [0.05, 0.1) is 7.11 Å². The second kappa shape index (κ2) is 5.23. The number of nitrogens with two attached hydrogens (primary N) is 1. The summed E-state index contributed by atoms with van der Waals surface area (Å²) in [6, 6.07) is 2.46. The molecule has 0 saturated heterocycles. The van der Waals surface area contributed by atoms with Crippen LogP contribution in [0.4, 0.5) is 4.39 Å². The van der Waals surface area contributed by atoms with Crippen molar-refractivity contribution < 1.29 is 13.9 Å². The number of methoxy groups -OCH3 is 1. The minimum Gasteiger partial charge on any atom is -0.468 e. The fraction of sp³-hybridized carbons (Fsp3) is 0.250. The van der Waals surface area contributed by atoms with Crippen LogP contribution in [0.25, 0.3) is 10.9 Å². The SMILES string of the molecule is COC(=O)C(N)Cc1c[nH]c2cc(F)c(I)cc12. The van der Waals surface area contributed by atoms with Gasteiger partial charge in [-0.1, -0.05) is 0 Å². The average molecular weight is 362 g/mol. The maximum Gasteiger partial charge on any atom is 0.322 e. The largest absolute Gasteiger partial charge is 0.468 e. The predicted molar refractivity (Wildman–Crippen MR) is 74.7 cm³/mol. The molecule has 1 atom stereocenters. The van der Waals surface area contributed by atoms with Gasteiger partial charge in [0, 0.05) is 27.1 Å². The molecule has 18 heavy (non-hydrogen) atoms. The number of halogens is 2. The molecule has 0 bridgehead atoms. The van der Waals surface area contributed by atoms with Gasteiger partial charge >= 0.3 is 5.97 Å². The van der Waals surface area contributed by atoms with Crippen molar-refractivity contribution >= 4 is 39.5 Å². The van der Waals surface area contributed by atoms with Crippen LogP contribution in [0, 0.1) is 9.39 Å². The Morgan fingerprint density at radius 3 is 3.00 bits per heavy atom. The third kappa shape index (κ3) is 2.49. The smallest absolute Gasteiger partial charge is 0.322 e. The van der Waals surface area contributed by atoms with E-state index in [9.17, 15) is 9.18 Å². The normalized spacial score (nSPS) is 12.7. The van der Waals surface area contributed by atoms with Gasteiger partial charge in [-0.05, 0) is 40.3 Å². The lowest BCUT2D eigenvalue weighted by atomic mass is 10.1. The number of ether oxygens (including phenoxy) is 1. The van der Waals surface area contributed by atoms with Crippen molar-refractivity contribution in [2.45, 2.75) is 12.5 Å². The summed E-state index contributed by atoms with van der Waals surface area (Å²) in [5.41, 5.74) is 7.28. The highest BCUT2D eigenvalue weighted by Gasteiger charge is 2.17. The van der Waals surface area contributed by atoms with E-state index in [0.29, 0.717) is 15.5 Å². The summed E-state index contributed by atoms with van der Waals surface area (Å²) < 4.78 is 18.5. The van der Waals surface area contributed by atoms with Crippen LogP contribution in [-0.2, 0) is 16.0 Å². The molecule has 0 fully saturated rings. The number of aromatic nitrogens is 1. The number of aromatic amines is 1. The summed E-state index contributed by atoms with van der Waals surface area (Å²) in [6.07, 6.45) is 2.09. The number of carbonyl (C=O) groups excluding carboxylic acids is 1. The van der Waals surface area contributed by atoms with Crippen LogP contribution in [-0.4, -0.2) is 24.1 Å². The monoisotopic (exact) mass is 362 g/mol. The first kappa shape index (κ1) is 13.3. The first-order chi connectivity index (χ1) is 8.52. The van der Waals surface area contributed by atoms with Crippen LogP contribution in [0.2, 0.25) is 0 Å². The molecule has 0 spiro atoms. The maximum absolute atomic E-state index is 13.4. The number of esters is 1. The molecular formula is C12H12FIN2O2. The Hall–Kier alpha value is -1.15. The topological polar surface area (TPSA) is 68.1 Å². The molecule has 1 unspecified atom stereocenters. The Bertz CT molecular complexity index is 597. The number of rotatable bonds is 3. The van der Waals surface area contributed by atoms with Crippen LogP contribution in [0.1, 0.15) is 5.56 Å². The molecule has 0 aliphatic carbocycles. The third-order valence-corrected chi connectivity index (χ3v) is 3.58. The Morgan fingerprint density at radius 2 is 2.33 bits per heavy atom. The van der Waals surface area contributed by atoms with Crippen molar-refractivity contribution in [3.63, 3.8) is 0 Å². The minimum atomic E-state index is -0.711. The summed E-state index contributed by atoms with van der Waals surface area (Å²) in [6.45, 7) is 0. The quantitative estimate of drug-likeness (QED) is 0.648. The van der Waals surface area contributed by atoms with Gasteiger partial charge in [-0.15, -0.1) is 0 Å². The van der Waals surface area contributed by atoms with Gasteiger partial charge in [0.1, 0.15) is 11.9 Å². The molecule has 0 radical (unpaired) electrons. The number of hydrogen-bond acceptors (Lipinski definition) is 3. The second-order valence-electron chi connectivity index (χ2n) is 3.96. The van der Waals surface area contributed by atoms with Gasteiger partial charge in [0.25, 0.3) is 0 Å². The van der Waals surface area contributed by atoms with Gasteiger partial charge in [-0.2, -0.15) is 0 Å². The molecule has 1 aromatic heterocycles. The van der Waals surface area contributed by atoms with Gasteiger partial charge in [0.2, 0.25) is 0 Å². The summed E-state index contributed by atoms with van der Waals surface area (Å²) >= 11 is 1.93. The zero-order chi connectivity index (χ0) is 13.3. The molecule has 96 valence electrons. The highest BCUT2D eigenvalue weighted by atomic mass is 127. The van der Waals surface area contributed by atoms with E-state index in [2.05, 4.69) is 9.72 Å². The zero-order valence-corrected chi connectivity index (χ0v) is 11.8. The summed E-state index contributed by atoms with van der Waals surface area (Å²) in [7, 11) is 1.30. The first-order valence-corrected chi connectivity index (χ1v) is 6.39. The molecule has 0 amide bonds. The Morgan fingerprint density at radius 1 is 1.61 bits per heavy atom. The number of H-pyrrole nitrogens is 1. The second-order valence-corrected chi connectivity index (χ2v) is 5.12. The van der Waals surface area contributed by atoms with Crippen LogP contribution in [0.5, 0.6) is 0 Å². The number of carbonyl (C=O) groups is 1. The van der Waals surface area contributed by atoms with Crippen molar-refractivity contribution in [3.05, 3.63) is 33.3 Å². The maximum atomic E-state index is 13.4. The molecule has 1 aromatic carbocycles. The van der Waals surface area contributed by atoms with Crippen LogP contribution >= 0.6 is 22.6 Å². The number of benzene rings is 1. The van der Waals surface area contributed by atoms with Gasteiger partial charge < -0.3 is 15.5 Å². The van der Waals surface area contributed by atoms with Gasteiger partial charge in [-0.25, -0.2) is 4.39 Å². The molecule has 0 saturated carbocycles. The van der Waals surface area contributed by atoms with Crippen LogP contribution in [0.15, 0.2) is 18.3 Å². The fourth-order valence-electron chi connectivity index (χ4n) is 1.82. The molecular weight excluding hydrogens is 350 g/mol. The fourth-order valence-corrected chi connectivity index (χ4v) is 2.28. The lowest BCUT2D eigenvalue weighted by Crippen LogP contribution is -2.33. The van der Waals surface area contributed by atoms with E-state index in [1.165, 1.54) is 13.2 Å². The van der Waals surface area contributed by atoms with Gasteiger partial charge in [-0.3, -0.25) is 4.79 Å². The molecule has 1 heterocycles. The standard InChI is InChI=1S/C12H12FIN2O2/c1-18-12(17)10(15)2-6-5-16-11-4-8(13)9(14)3-7(6)11/h3-5,10,16H,2,15H2,1H3. The highest BCUT2D eigenvalue weighted by Crippen LogP contribution is 2.24. The lowest BCUT2D eigenvalue weighted by Gasteiger charge is -2.08. The molecule has 0 aliphatic rings. The van der Waals surface area contributed by atoms with E-state index in [0.717, 1.165) is 10.9 Å². The van der Waals surface area contributed by atoms with Crippen molar-refractivity contribution in [2.75, 3.05) is 7.11 Å². The summed E-state index contributed by atoms with van der Waals surface area (Å²) in [5.74, 6) is -0.727. The molecule has 2 aromatic rings. The van der Waals surface area contributed by atoms with E-state index in [4.69, 9.17) is 5.73 Å². The first-order valence-electron chi connectivity index (χ1n) is 5.31. The summed E-state index contributed by atoms with van der Waals surface area (Å²) in [4.78, 5) is 14.2. The van der Waals surface area contributed by atoms with Gasteiger partial charge in [0.15, 0.2) is 0 Å². The number of nitrogens with one attached hydrogen (secondary N) is 1. The Balaban J connectivity index is 2.35. The van der Waals surface area contributed by atoms with E-state index < -0.39 is 12.0 Å². The summed E-state index contributed by atoms with van der Waals surface area (Å²) in [5, 5.41) is 0.875. The van der Waals surface area contributed by atoms with E-state index in [-0.39, 0.29) is 5.82 Å². The van der Waals surface area contributed by atoms with Crippen molar-refractivity contribution in [3.8, 4) is 0 Å². The van der Waals surface area contributed by atoms with E-state index in [1.54, 1.807) is 12.3 Å². The number of hydrogen-bond donors (Lipinski definition) is 2. The number of fused-ring (bicyclic) bond motifs is 1. The van der Waals surface area contributed by atoms with Crippen molar-refractivity contribution in [1.29, 1.82) is 0 Å². The van der Waals surface area contributed by atoms with Crippen molar-refractivity contribution in [1.82, 2.24) is 4.98 Å². The minimum absolute atomic E-state index is 0.270. The van der Waals surface area contributed by atoms with E-state index >= 15 is 0 Å². The van der Waals surface area contributed by atoms with Crippen LogP contribution < -0.4 is 5.73 Å². The molecule has 2 rings (SSSR count). The Labute approximate surface area is 117 Å². The molecule has 3 N–H and O–H groups in total. The zero-order valence-electron chi connectivity index (χ0n) is 9.67.